The van der Waals surface area contributed by atoms with E-state index in [4.69, 9.17) is 4.74 Å². The Labute approximate surface area is 216 Å². The zero-order chi connectivity index (χ0) is 26.5. The summed E-state index contributed by atoms with van der Waals surface area (Å²) in [6.07, 6.45) is 1.81. The van der Waals surface area contributed by atoms with Crippen LogP contribution in [0.3, 0.4) is 0 Å². The smallest absolute Gasteiger partial charge is 0.309 e. The first-order chi connectivity index (χ1) is 17.8. The van der Waals surface area contributed by atoms with Gasteiger partial charge in [0.15, 0.2) is 5.69 Å². The van der Waals surface area contributed by atoms with E-state index in [9.17, 15) is 19.2 Å². The molecule has 2 aliphatic rings. The molecule has 10 nitrogen and oxygen atoms in total. The third-order valence-electron chi connectivity index (χ3n) is 7.08. The maximum absolute atomic E-state index is 13.3. The molecule has 198 valence electrons. The molecule has 0 aliphatic carbocycles. The van der Waals surface area contributed by atoms with Gasteiger partial charge >= 0.3 is 5.97 Å². The van der Waals surface area contributed by atoms with Gasteiger partial charge in [0.2, 0.25) is 5.91 Å². The summed E-state index contributed by atoms with van der Waals surface area (Å²) in [4.78, 5) is 54.5. The molecule has 0 radical (unpaired) electrons. The van der Waals surface area contributed by atoms with E-state index < -0.39 is 11.9 Å². The first-order valence-electron chi connectivity index (χ1n) is 13.0. The highest BCUT2D eigenvalue weighted by atomic mass is 16.5. The molecule has 1 fully saturated rings. The number of amides is 3. The minimum atomic E-state index is -0.763. The van der Waals surface area contributed by atoms with Gasteiger partial charge in [0.05, 0.1) is 12.5 Å². The Balaban J connectivity index is 1.36. The van der Waals surface area contributed by atoms with Gasteiger partial charge < -0.3 is 19.9 Å². The van der Waals surface area contributed by atoms with Crippen molar-refractivity contribution in [1.29, 1.82) is 0 Å². The number of fused-ring (bicyclic) bond motifs is 1. The molecule has 3 amide bonds. The Bertz CT molecular complexity index is 1170. The molecule has 2 aliphatic heterocycles. The van der Waals surface area contributed by atoms with Crippen molar-refractivity contribution in [1.82, 2.24) is 24.9 Å². The van der Waals surface area contributed by atoms with Crippen molar-refractivity contribution in [3.63, 3.8) is 0 Å². The first-order valence-corrected chi connectivity index (χ1v) is 13.0. The maximum Gasteiger partial charge on any atom is 0.309 e. The van der Waals surface area contributed by atoms with Crippen LogP contribution in [0.2, 0.25) is 0 Å². The van der Waals surface area contributed by atoms with Gasteiger partial charge in [0, 0.05) is 38.8 Å². The average Bonchev–Trinajstić information content (AvgIpc) is 3.27. The normalized spacial score (nSPS) is 17.1. The highest BCUT2D eigenvalue weighted by molar-refractivity contribution is 5.99. The molecule has 1 saturated heterocycles. The average molecular weight is 510 g/mol. The number of esters is 1. The number of carbonyl (C=O) groups is 4. The Morgan fingerprint density at radius 3 is 2.57 bits per heavy atom. The second kappa shape index (κ2) is 11.6. The molecule has 0 unspecified atom stereocenters. The number of rotatable bonds is 7. The van der Waals surface area contributed by atoms with Crippen LogP contribution in [-0.4, -0.2) is 75.6 Å². The Morgan fingerprint density at radius 2 is 1.86 bits per heavy atom. The molecule has 1 N–H and O–H groups in total. The maximum atomic E-state index is 13.3. The van der Waals surface area contributed by atoms with E-state index in [1.165, 1.54) is 6.07 Å². The van der Waals surface area contributed by atoms with Crippen LogP contribution in [0.5, 0.6) is 0 Å². The zero-order valence-corrected chi connectivity index (χ0v) is 21.7. The summed E-state index contributed by atoms with van der Waals surface area (Å²) in [5, 5.41) is 7.10. The molecule has 0 saturated carbocycles. The third kappa shape index (κ3) is 6.00. The van der Waals surface area contributed by atoms with Gasteiger partial charge in [0.1, 0.15) is 11.7 Å². The minimum absolute atomic E-state index is 0.113. The van der Waals surface area contributed by atoms with Crippen molar-refractivity contribution in [2.24, 2.45) is 5.92 Å². The minimum Gasteiger partial charge on any atom is -0.466 e. The number of hydrogen-bond donors (Lipinski definition) is 1. The van der Waals surface area contributed by atoms with Crippen molar-refractivity contribution in [3.05, 3.63) is 52.8 Å². The largest absolute Gasteiger partial charge is 0.466 e. The van der Waals surface area contributed by atoms with Crippen LogP contribution in [0.1, 0.15) is 65.2 Å². The van der Waals surface area contributed by atoms with E-state index in [1.54, 1.807) is 28.3 Å². The molecule has 10 heteroatoms. The highest BCUT2D eigenvalue weighted by Crippen LogP contribution is 2.20. The predicted molar refractivity (Wildman–Crippen MR) is 136 cm³/mol. The Kier molecular flexibility index (Phi) is 8.25. The van der Waals surface area contributed by atoms with Gasteiger partial charge in [-0.05, 0) is 51.2 Å². The van der Waals surface area contributed by atoms with E-state index in [0.29, 0.717) is 57.9 Å². The molecule has 37 heavy (non-hydrogen) atoms. The number of ether oxygens (including phenoxy) is 1. The predicted octanol–water partition coefficient (Wildman–Crippen LogP) is 2.16. The second-order valence-corrected chi connectivity index (χ2v) is 9.69. The lowest BCUT2D eigenvalue weighted by Crippen LogP contribution is -2.50. The third-order valence-corrected chi connectivity index (χ3v) is 7.08. The highest BCUT2D eigenvalue weighted by Gasteiger charge is 2.32. The number of likely N-dealkylation sites (tertiary alicyclic amines) is 1. The van der Waals surface area contributed by atoms with Crippen molar-refractivity contribution >= 4 is 23.7 Å². The lowest BCUT2D eigenvalue weighted by molar-refractivity contribution is -0.151. The fourth-order valence-corrected chi connectivity index (χ4v) is 4.89. The van der Waals surface area contributed by atoms with Crippen molar-refractivity contribution in [2.45, 2.75) is 59.2 Å². The van der Waals surface area contributed by atoms with Gasteiger partial charge in [-0.25, -0.2) is 0 Å². The lowest BCUT2D eigenvalue weighted by atomic mass is 9.96. The van der Waals surface area contributed by atoms with Gasteiger partial charge in [0.25, 0.3) is 11.8 Å². The van der Waals surface area contributed by atoms with Crippen molar-refractivity contribution < 1.29 is 23.9 Å². The number of piperidine rings is 1. The van der Waals surface area contributed by atoms with Gasteiger partial charge in [-0.1, -0.05) is 24.3 Å². The molecule has 3 heterocycles. The molecular weight excluding hydrogens is 474 g/mol. The number of carbonyl (C=O) groups excluding carboxylic acids is 4. The summed E-state index contributed by atoms with van der Waals surface area (Å²) >= 11 is 0. The summed E-state index contributed by atoms with van der Waals surface area (Å²) in [5.74, 6) is -1.29. The SMILES string of the molecule is CCOC(=O)C1CCN(C(=O)[C@@H](C)NC(=O)c2cc3n(n2)CCCN(Cc2ccccc2C)C3=O)CC1. The van der Waals surface area contributed by atoms with Gasteiger partial charge in [-0.2, -0.15) is 5.10 Å². The number of aromatic nitrogens is 2. The Morgan fingerprint density at radius 1 is 1.14 bits per heavy atom. The Hall–Kier alpha value is -3.69. The van der Waals surface area contributed by atoms with Crippen molar-refractivity contribution in [3.8, 4) is 0 Å². The van der Waals surface area contributed by atoms with Crippen LogP contribution in [0.15, 0.2) is 30.3 Å². The van der Waals surface area contributed by atoms with Gasteiger partial charge in [-0.3, -0.25) is 23.9 Å². The summed E-state index contributed by atoms with van der Waals surface area (Å²) in [6.45, 7) is 8.28. The summed E-state index contributed by atoms with van der Waals surface area (Å²) in [6, 6.07) is 8.72. The molecular formula is C27H35N5O5. The molecule has 0 bridgehead atoms. The van der Waals surface area contributed by atoms with E-state index in [1.807, 2.05) is 31.2 Å². The fraction of sp³-hybridized carbons (Fsp3) is 0.519. The molecule has 1 aromatic heterocycles. The number of nitrogens with one attached hydrogen (secondary N) is 1. The number of benzene rings is 1. The zero-order valence-electron chi connectivity index (χ0n) is 21.7. The number of nitrogens with zero attached hydrogens (tertiary/aromatic N) is 4. The monoisotopic (exact) mass is 509 g/mol. The van der Waals surface area contributed by atoms with E-state index in [0.717, 1.165) is 17.5 Å². The van der Waals surface area contributed by atoms with Crippen molar-refractivity contribution in [2.75, 3.05) is 26.2 Å². The van der Waals surface area contributed by atoms with Crippen LogP contribution in [-0.2, 0) is 27.4 Å². The lowest BCUT2D eigenvalue weighted by Gasteiger charge is -2.32. The summed E-state index contributed by atoms with van der Waals surface area (Å²) in [5.41, 5.74) is 2.69. The van der Waals surface area contributed by atoms with E-state index in [2.05, 4.69) is 10.4 Å². The van der Waals surface area contributed by atoms with Crippen LogP contribution in [0, 0.1) is 12.8 Å². The van der Waals surface area contributed by atoms with Crippen LogP contribution in [0.25, 0.3) is 0 Å². The van der Waals surface area contributed by atoms with Crippen LogP contribution < -0.4 is 5.32 Å². The van der Waals surface area contributed by atoms with E-state index in [-0.39, 0.29) is 29.4 Å². The number of hydrogen-bond acceptors (Lipinski definition) is 6. The second-order valence-electron chi connectivity index (χ2n) is 9.69. The van der Waals surface area contributed by atoms with Crippen LogP contribution in [0.4, 0.5) is 0 Å². The quantitative estimate of drug-likeness (QED) is 0.572. The van der Waals surface area contributed by atoms with E-state index >= 15 is 0 Å². The summed E-state index contributed by atoms with van der Waals surface area (Å²) in [7, 11) is 0. The fourth-order valence-electron chi connectivity index (χ4n) is 4.89. The molecule has 2 aromatic rings. The van der Waals surface area contributed by atoms with Crippen LogP contribution >= 0.6 is 0 Å². The molecule has 0 spiro atoms. The van der Waals surface area contributed by atoms with Gasteiger partial charge in [-0.15, -0.1) is 0 Å². The molecule has 1 aromatic carbocycles. The summed E-state index contributed by atoms with van der Waals surface area (Å²) < 4.78 is 6.67. The first kappa shape index (κ1) is 26.4. The standard InChI is InChI=1S/C27H35N5O5/c1-4-37-27(36)20-10-14-30(15-11-20)25(34)19(3)28-24(33)22-16-23-26(35)31(12-7-13-32(23)29-22)17-21-9-6-5-8-18(21)2/h5-6,8-9,16,19-20H,4,7,10-15,17H2,1-3H3,(H,28,33)/t19-/m1/s1. The molecule has 1 atom stereocenters. The number of aryl methyl sites for hydroxylation is 2. The topological polar surface area (TPSA) is 114 Å². The molecule has 4 rings (SSSR count).